The minimum Gasteiger partial charge on any atom is -0.486 e. The number of benzene rings is 1. The Morgan fingerprint density at radius 3 is 2.47 bits per heavy atom. The van der Waals surface area contributed by atoms with E-state index < -0.39 is 0 Å². The number of Topliss-reactive ketones (excluding diaryl/α,β-unsaturated/α-hetero) is 1. The van der Waals surface area contributed by atoms with E-state index >= 15 is 0 Å². The molecule has 0 aliphatic carbocycles. The molecule has 0 saturated carbocycles. The van der Waals surface area contributed by atoms with Crippen LogP contribution in [0.2, 0.25) is 0 Å². The smallest absolute Gasteiger partial charge is 0.195 e. The Morgan fingerprint density at radius 2 is 1.93 bits per heavy atom. The molecule has 0 N–H and O–H groups in total. The van der Waals surface area contributed by atoms with Crippen molar-refractivity contribution in [2.45, 2.75) is 0 Å². The van der Waals surface area contributed by atoms with Crippen molar-refractivity contribution in [1.82, 2.24) is 0 Å². The van der Waals surface area contributed by atoms with Gasteiger partial charge >= 0.3 is 0 Å². The van der Waals surface area contributed by atoms with Crippen molar-refractivity contribution in [3.05, 3.63) is 29.8 Å². The lowest BCUT2D eigenvalue weighted by Crippen LogP contribution is -2.16. The average molecular weight is 208 g/mol. The Labute approximate surface area is 87.8 Å². The van der Waals surface area contributed by atoms with E-state index in [4.69, 9.17) is 4.74 Å². The molecule has 80 valence electrons. The lowest BCUT2D eigenvalue weighted by molar-refractivity contribution is -0.124. The highest BCUT2D eigenvalue weighted by molar-refractivity contribution is 5.81. The Kier molecular flexibility index (Phi) is 4.50. The Balaban J connectivity index is 2.44. The summed E-state index contributed by atoms with van der Waals surface area (Å²) in [6, 6.07) is 6.54. The van der Waals surface area contributed by atoms with Crippen molar-refractivity contribution >= 4 is 12.1 Å². The second kappa shape index (κ2) is 5.93. The maximum atomic E-state index is 11.0. The van der Waals surface area contributed by atoms with Crippen LogP contribution >= 0.6 is 0 Å². The first-order valence-corrected chi connectivity index (χ1v) is 4.45. The molecular formula is C11H12O4. The third-order valence-corrected chi connectivity index (χ3v) is 1.72. The van der Waals surface area contributed by atoms with E-state index in [0.717, 1.165) is 6.29 Å². The third-order valence-electron chi connectivity index (χ3n) is 1.72. The van der Waals surface area contributed by atoms with Crippen molar-refractivity contribution < 1.29 is 19.1 Å². The number of aldehydes is 1. The van der Waals surface area contributed by atoms with Crippen LogP contribution in [0.25, 0.3) is 0 Å². The highest BCUT2D eigenvalue weighted by Gasteiger charge is 2.01. The largest absolute Gasteiger partial charge is 0.486 e. The van der Waals surface area contributed by atoms with Crippen molar-refractivity contribution in [3.63, 3.8) is 0 Å². The first-order valence-electron chi connectivity index (χ1n) is 4.45. The number of carbonyl (C=O) groups excluding carboxylic acids is 2. The lowest BCUT2D eigenvalue weighted by atomic mass is 10.2. The minimum absolute atomic E-state index is 0.0196. The first kappa shape index (κ1) is 11.4. The highest BCUT2D eigenvalue weighted by atomic mass is 16.5. The molecule has 0 atom stereocenters. The summed E-state index contributed by atoms with van der Waals surface area (Å²) in [5.41, 5.74) is 0.575. The fourth-order valence-electron chi connectivity index (χ4n) is 1.01. The molecule has 0 amide bonds. The van der Waals surface area contributed by atoms with E-state index in [1.54, 1.807) is 24.3 Å². The molecule has 0 aliphatic rings. The molecule has 0 radical (unpaired) electrons. The number of ketones is 1. The van der Waals surface area contributed by atoms with Gasteiger partial charge in [0.25, 0.3) is 0 Å². The van der Waals surface area contributed by atoms with Crippen LogP contribution in [0, 0.1) is 0 Å². The number of methoxy groups -OCH3 is 1. The fraction of sp³-hybridized carbons (Fsp3) is 0.273. The Morgan fingerprint density at radius 1 is 1.27 bits per heavy atom. The predicted octanol–water partition coefficient (Wildman–Crippen LogP) is 1.09. The molecule has 1 aromatic rings. The second-order valence-corrected chi connectivity index (χ2v) is 2.95. The van der Waals surface area contributed by atoms with Crippen molar-refractivity contribution in [2.75, 3.05) is 20.3 Å². The molecule has 0 fully saturated rings. The third kappa shape index (κ3) is 3.91. The van der Waals surface area contributed by atoms with E-state index in [1.807, 2.05) is 0 Å². The van der Waals surface area contributed by atoms with Crippen LogP contribution in [0.5, 0.6) is 5.75 Å². The Bertz CT molecular complexity index is 329. The van der Waals surface area contributed by atoms with Gasteiger partial charge in [-0.3, -0.25) is 9.59 Å². The van der Waals surface area contributed by atoms with E-state index in [1.165, 1.54) is 7.11 Å². The monoisotopic (exact) mass is 208 g/mol. The molecule has 4 heteroatoms. The molecule has 0 bridgehead atoms. The maximum Gasteiger partial charge on any atom is 0.195 e. The van der Waals surface area contributed by atoms with Crippen LogP contribution in [0.3, 0.4) is 0 Å². The second-order valence-electron chi connectivity index (χ2n) is 2.95. The summed E-state index contributed by atoms with van der Waals surface area (Å²) in [6.07, 6.45) is 0.750. The fourth-order valence-corrected chi connectivity index (χ4v) is 1.01. The quantitative estimate of drug-likeness (QED) is 0.657. The topological polar surface area (TPSA) is 52.6 Å². The predicted molar refractivity (Wildman–Crippen MR) is 54.2 cm³/mol. The molecule has 4 nitrogen and oxygen atoms in total. The number of carbonyl (C=O) groups is 2. The molecule has 15 heavy (non-hydrogen) atoms. The van der Waals surface area contributed by atoms with Crippen LogP contribution < -0.4 is 4.74 Å². The average Bonchev–Trinajstić information content (AvgIpc) is 2.27. The molecule has 0 saturated heterocycles. The molecule has 0 heterocycles. The summed E-state index contributed by atoms with van der Waals surface area (Å²) >= 11 is 0. The van der Waals surface area contributed by atoms with Gasteiger partial charge in [0.15, 0.2) is 5.78 Å². The zero-order chi connectivity index (χ0) is 11.1. The van der Waals surface area contributed by atoms with Gasteiger partial charge in [-0.25, -0.2) is 0 Å². The van der Waals surface area contributed by atoms with Crippen molar-refractivity contribution in [1.29, 1.82) is 0 Å². The van der Waals surface area contributed by atoms with E-state index in [-0.39, 0.29) is 19.0 Å². The van der Waals surface area contributed by atoms with Crippen LogP contribution in [0.4, 0.5) is 0 Å². The lowest BCUT2D eigenvalue weighted by Gasteiger charge is -2.04. The highest BCUT2D eigenvalue weighted by Crippen LogP contribution is 2.10. The Hall–Kier alpha value is -1.68. The van der Waals surface area contributed by atoms with Gasteiger partial charge in [-0.1, -0.05) is 0 Å². The summed E-state index contributed by atoms with van der Waals surface area (Å²) in [5.74, 6) is 0.432. The normalized spacial score (nSPS) is 9.67. The molecule has 0 spiro atoms. The van der Waals surface area contributed by atoms with E-state index in [0.29, 0.717) is 11.3 Å². The van der Waals surface area contributed by atoms with Gasteiger partial charge in [-0.05, 0) is 24.3 Å². The molecule has 0 aromatic heterocycles. The first-order chi connectivity index (χ1) is 7.26. The maximum absolute atomic E-state index is 11.0. The minimum atomic E-state index is -0.128. The van der Waals surface area contributed by atoms with Gasteiger partial charge in [-0.15, -0.1) is 0 Å². The number of rotatable bonds is 6. The van der Waals surface area contributed by atoms with Crippen LogP contribution in [0.1, 0.15) is 10.4 Å². The summed E-state index contributed by atoms with van der Waals surface area (Å²) in [7, 11) is 1.46. The molecule has 1 rings (SSSR count). The van der Waals surface area contributed by atoms with Crippen molar-refractivity contribution in [2.24, 2.45) is 0 Å². The molecular weight excluding hydrogens is 196 g/mol. The van der Waals surface area contributed by atoms with Crippen LogP contribution in [0.15, 0.2) is 24.3 Å². The van der Waals surface area contributed by atoms with Crippen LogP contribution in [-0.4, -0.2) is 32.4 Å². The molecule has 0 unspecified atom stereocenters. The van der Waals surface area contributed by atoms with Gasteiger partial charge in [-0.2, -0.15) is 0 Å². The summed E-state index contributed by atoms with van der Waals surface area (Å²) in [4.78, 5) is 21.4. The van der Waals surface area contributed by atoms with Gasteiger partial charge in [0.2, 0.25) is 0 Å². The van der Waals surface area contributed by atoms with Gasteiger partial charge in [0, 0.05) is 12.7 Å². The molecule has 1 aromatic carbocycles. The van der Waals surface area contributed by atoms with E-state index in [9.17, 15) is 9.59 Å². The van der Waals surface area contributed by atoms with Crippen LogP contribution in [-0.2, 0) is 9.53 Å². The van der Waals surface area contributed by atoms with Gasteiger partial charge in [0.05, 0.1) is 0 Å². The summed E-state index contributed by atoms with van der Waals surface area (Å²) in [5, 5.41) is 0. The number of hydrogen-bond acceptors (Lipinski definition) is 4. The number of ether oxygens (including phenoxy) is 2. The SMILES string of the molecule is COCC(=O)COc1ccc(C=O)cc1. The molecule has 0 aliphatic heterocycles. The van der Waals surface area contributed by atoms with Gasteiger partial charge in [0.1, 0.15) is 25.2 Å². The van der Waals surface area contributed by atoms with Crippen molar-refractivity contribution in [3.8, 4) is 5.75 Å². The zero-order valence-corrected chi connectivity index (χ0v) is 8.43. The number of hydrogen-bond donors (Lipinski definition) is 0. The standard InChI is InChI=1S/C11H12O4/c1-14-7-10(13)8-15-11-4-2-9(6-12)3-5-11/h2-6H,7-8H2,1H3. The van der Waals surface area contributed by atoms with Gasteiger partial charge < -0.3 is 9.47 Å². The summed E-state index contributed by atoms with van der Waals surface area (Å²) < 4.78 is 9.83. The van der Waals surface area contributed by atoms with E-state index in [2.05, 4.69) is 4.74 Å². The zero-order valence-electron chi connectivity index (χ0n) is 8.43. The summed E-state index contributed by atoms with van der Waals surface area (Å²) in [6.45, 7) is 0.0285.